The molecule has 0 atom stereocenters. The fourth-order valence-electron chi connectivity index (χ4n) is 2.50. The topological polar surface area (TPSA) is 56.7 Å². The second kappa shape index (κ2) is 9.94. The second-order valence-electron chi connectivity index (χ2n) is 6.52. The number of nitrogens with one attached hydrogen (secondary N) is 2. The number of hydrogen-bond acceptors (Lipinski definition) is 2. The first-order valence-electron chi connectivity index (χ1n) is 8.45. The van der Waals surface area contributed by atoms with Gasteiger partial charge in [0, 0.05) is 32.6 Å². The Labute approximate surface area is 166 Å². The molecule has 0 aromatic heterocycles. The zero-order valence-electron chi connectivity index (χ0n) is 15.1. The number of aliphatic imine (C=N–C) groups is 1. The van der Waals surface area contributed by atoms with Gasteiger partial charge in [0.25, 0.3) is 0 Å². The number of guanidine groups is 1. The minimum absolute atomic E-state index is 0. The van der Waals surface area contributed by atoms with E-state index in [-0.39, 0.29) is 47.7 Å². The molecule has 7 heteroatoms. The summed E-state index contributed by atoms with van der Waals surface area (Å²) in [5.41, 5.74) is 0.997. The molecular formula is C18H28FIN4O. The summed E-state index contributed by atoms with van der Waals surface area (Å²) in [6.45, 7) is 3.65. The number of amides is 1. The highest BCUT2D eigenvalue weighted by Gasteiger charge is 2.44. The highest BCUT2D eigenvalue weighted by Crippen LogP contribution is 2.47. The van der Waals surface area contributed by atoms with Crippen LogP contribution in [0.15, 0.2) is 29.3 Å². The van der Waals surface area contributed by atoms with Gasteiger partial charge in [-0.15, -0.1) is 24.0 Å². The number of rotatable bonds is 7. The van der Waals surface area contributed by atoms with Crippen molar-refractivity contribution in [2.24, 2.45) is 4.99 Å². The first-order valence-corrected chi connectivity index (χ1v) is 8.45. The Kier molecular flexibility index (Phi) is 8.61. The first-order chi connectivity index (χ1) is 11.5. The van der Waals surface area contributed by atoms with Crippen LogP contribution < -0.4 is 10.6 Å². The number of benzene rings is 1. The molecule has 5 nitrogen and oxygen atoms in total. The standard InChI is InChI=1S/C18H27FN4O.HI/c1-4-10-20-17(21-12-16(24)23(2)3)22-13-18(8-9-18)14-6-5-7-15(19)11-14;/h5-7,11H,4,8-10,12-13H2,1-3H3,(H2,20,21,22);1H. The Hall–Kier alpha value is -1.38. The van der Waals surface area contributed by atoms with Crippen LogP contribution in [0.5, 0.6) is 0 Å². The van der Waals surface area contributed by atoms with Crippen LogP contribution in [0.1, 0.15) is 31.7 Å². The summed E-state index contributed by atoms with van der Waals surface area (Å²) in [7, 11) is 3.43. The van der Waals surface area contributed by atoms with Gasteiger partial charge in [-0.3, -0.25) is 4.79 Å². The molecule has 2 rings (SSSR count). The van der Waals surface area contributed by atoms with Gasteiger partial charge >= 0.3 is 0 Å². The smallest absolute Gasteiger partial charge is 0.243 e. The molecule has 1 aromatic carbocycles. The molecule has 0 radical (unpaired) electrons. The Bertz CT molecular complexity index is 602. The Morgan fingerprint density at radius 3 is 2.60 bits per heavy atom. The molecule has 0 heterocycles. The van der Waals surface area contributed by atoms with E-state index in [1.807, 2.05) is 6.07 Å². The minimum atomic E-state index is -0.201. The fraction of sp³-hybridized carbons (Fsp3) is 0.556. The van der Waals surface area contributed by atoms with Crippen molar-refractivity contribution in [2.45, 2.75) is 31.6 Å². The molecule has 2 N–H and O–H groups in total. The van der Waals surface area contributed by atoms with E-state index < -0.39 is 0 Å². The normalized spacial score (nSPS) is 15.1. The molecule has 25 heavy (non-hydrogen) atoms. The lowest BCUT2D eigenvalue weighted by Gasteiger charge is -2.19. The molecule has 1 saturated carbocycles. The molecule has 1 aromatic rings. The fourth-order valence-corrected chi connectivity index (χ4v) is 2.50. The number of carbonyl (C=O) groups excluding carboxylic acids is 1. The molecule has 0 bridgehead atoms. The van der Waals surface area contributed by atoms with E-state index in [0.29, 0.717) is 12.5 Å². The number of nitrogens with zero attached hydrogens (tertiary/aromatic N) is 2. The third kappa shape index (κ3) is 6.45. The average Bonchev–Trinajstić information content (AvgIpc) is 3.35. The van der Waals surface area contributed by atoms with Crippen molar-refractivity contribution in [3.8, 4) is 0 Å². The van der Waals surface area contributed by atoms with Crippen LogP contribution >= 0.6 is 24.0 Å². The van der Waals surface area contributed by atoms with Gasteiger partial charge in [0.15, 0.2) is 5.96 Å². The zero-order chi connectivity index (χ0) is 17.6. The predicted molar refractivity (Wildman–Crippen MR) is 110 cm³/mol. The molecule has 0 saturated heterocycles. The van der Waals surface area contributed by atoms with E-state index in [1.165, 1.54) is 11.0 Å². The molecule has 0 unspecified atom stereocenters. The van der Waals surface area contributed by atoms with E-state index in [2.05, 4.69) is 22.5 Å². The largest absolute Gasteiger partial charge is 0.356 e. The summed E-state index contributed by atoms with van der Waals surface area (Å²) in [6.07, 6.45) is 3.03. The summed E-state index contributed by atoms with van der Waals surface area (Å²) < 4.78 is 13.5. The SMILES string of the molecule is CCCNC(=NCC(=O)N(C)C)NCC1(c2cccc(F)c2)CC1.I. The first kappa shape index (κ1) is 21.7. The molecule has 1 fully saturated rings. The van der Waals surface area contributed by atoms with Crippen LogP contribution in [-0.2, 0) is 10.2 Å². The van der Waals surface area contributed by atoms with E-state index in [4.69, 9.17) is 0 Å². The van der Waals surface area contributed by atoms with Crippen molar-refractivity contribution in [2.75, 3.05) is 33.7 Å². The van der Waals surface area contributed by atoms with Gasteiger partial charge < -0.3 is 15.5 Å². The summed E-state index contributed by atoms with van der Waals surface area (Å²) in [5.74, 6) is 0.391. The van der Waals surface area contributed by atoms with Crippen LogP contribution in [-0.4, -0.2) is 50.5 Å². The van der Waals surface area contributed by atoms with Crippen LogP contribution in [0.2, 0.25) is 0 Å². The third-order valence-electron chi connectivity index (χ3n) is 4.30. The number of hydrogen-bond donors (Lipinski definition) is 2. The van der Waals surface area contributed by atoms with Gasteiger partial charge in [0.2, 0.25) is 5.91 Å². The van der Waals surface area contributed by atoms with Gasteiger partial charge in [-0.25, -0.2) is 9.38 Å². The van der Waals surface area contributed by atoms with Crippen molar-refractivity contribution in [3.05, 3.63) is 35.6 Å². The van der Waals surface area contributed by atoms with Crippen molar-refractivity contribution < 1.29 is 9.18 Å². The maximum Gasteiger partial charge on any atom is 0.243 e. The van der Waals surface area contributed by atoms with Crippen molar-refractivity contribution in [1.82, 2.24) is 15.5 Å². The number of likely N-dealkylation sites (N-methyl/N-ethyl adjacent to an activating group) is 1. The molecular weight excluding hydrogens is 434 g/mol. The van der Waals surface area contributed by atoms with Crippen LogP contribution in [0.4, 0.5) is 4.39 Å². The maximum atomic E-state index is 13.5. The third-order valence-corrected chi connectivity index (χ3v) is 4.30. The lowest BCUT2D eigenvalue weighted by atomic mass is 9.96. The summed E-state index contributed by atoms with van der Waals surface area (Å²) in [5, 5.41) is 6.54. The molecule has 0 spiro atoms. The molecule has 1 aliphatic rings. The van der Waals surface area contributed by atoms with E-state index in [9.17, 15) is 9.18 Å². The quantitative estimate of drug-likeness (QED) is 0.372. The Morgan fingerprint density at radius 1 is 1.32 bits per heavy atom. The average molecular weight is 462 g/mol. The predicted octanol–water partition coefficient (Wildman–Crippen LogP) is 2.51. The number of carbonyl (C=O) groups is 1. The van der Waals surface area contributed by atoms with Gasteiger partial charge in [0.1, 0.15) is 12.4 Å². The second-order valence-corrected chi connectivity index (χ2v) is 6.52. The lowest BCUT2D eigenvalue weighted by molar-refractivity contribution is -0.127. The monoisotopic (exact) mass is 462 g/mol. The van der Waals surface area contributed by atoms with Crippen molar-refractivity contribution in [1.29, 1.82) is 0 Å². The highest BCUT2D eigenvalue weighted by atomic mass is 127. The van der Waals surface area contributed by atoms with Gasteiger partial charge in [-0.05, 0) is 37.0 Å². The van der Waals surface area contributed by atoms with Crippen LogP contribution in [0.25, 0.3) is 0 Å². The number of halogens is 2. The van der Waals surface area contributed by atoms with Crippen molar-refractivity contribution >= 4 is 35.8 Å². The molecule has 0 aliphatic heterocycles. The lowest BCUT2D eigenvalue weighted by Crippen LogP contribution is -2.42. The molecule has 1 amide bonds. The van der Waals surface area contributed by atoms with Gasteiger partial charge in [-0.1, -0.05) is 19.1 Å². The van der Waals surface area contributed by atoms with Crippen LogP contribution in [0.3, 0.4) is 0 Å². The van der Waals surface area contributed by atoms with Gasteiger partial charge in [0.05, 0.1) is 0 Å². The van der Waals surface area contributed by atoms with E-state index >= 15 is 0 Å². The van der Waals surface area contributed by atoms with Crippen molar-refractivity contribution in [3.63, 3.8) is 0 Å². The summed E-state index contributed by atoms with van der Waals surface area (Å²) in [6, 6.07) is 6.81. The highest BCUT2D eigenvalue weighted by molar-refractivity contribution is 14.0. The van der Waals surface area contributed by atoms with E-state index in [1.54, 1.807) is 26.2 Å². The summed E-state index contributed by atoms with van der Waals surface area (Å²) in [4.78, 5) is 17.6. The molecule has 140 valence electrons. The van der Waals surface area contributed by atoms with E-state index in [0.717, 1.165) is 31.4 Å². The Balaban J connectivity index is 0.00000312. The van der Waals surface area contributed by atoms with Crippen LogP contribution in [0, 0.1) is 5.82 Å². The summed E-state index contributed by atoms with van der Waals surface area (Å²) >= 11 is 0. The minimum Gasteiger partial charge on any atom is -0.356 e. The zero-order valence-corrected chi connectivity index (χ0v) is 17.5. The maximum absolute atomic E-state index is 13.5. The molecule has 1 aliphatic carbocycles. The Morgan fingerprint density at radius 2 is 2.04 bits per heavy atom. The van der Waals surface area contributed by atoms with Gasteiger partial charge in [-0.2, -0.15) is 0 Å².